The van der Waals surface area contributed by atoms with Gasteiger partial charge in [-0.15, -0.1) is 0 Å². The van der Waals surface area contributed by atoms with Gasteiger partial charge in [0.1, 0.15) is 0 Å². The van der Waals surface area contributed by atoms with Gasteiger partial charge in [-0.1, -0.05) is 27.7 Å². The van der Waals surface area contributed by atoms with E-state index in [0.29, 0.717) is 5.92 Å². The van der Waals surface area contributed by atoms with Crippen molar-refractivity contribution in [3.63, 3.8) is 0 Å². The van der Waals surface area contributed by atoms with Crippen molar-refractivity contribution < 1.29 is 0 Å². The van der Waals surface area contributed by atoms with Crippen molar-refractivity contribution in [1.82, 2.24) is 20.4 Å². The first-order chi connectivity index (χ1) is 9.53. The van der Waals surface area contributed by atoms with Gasteiger partial charge in [0, 0.05) is 38.4 Å². The number of hydrogen-bond donors (Lipinski definition) is 2. The van der Waals surface area contributed by atoms with Crippen LogP contribution in [-0.2, 0) is 26.4 Å². The number of hydrogen-bond acceptors (Lipinski definition) is 2. The lowest BCUT2D eigenvalue weighted by molar-refractivity contribution is 0.614. The lowest BCUT2D eigenvalue weighted by Crippen LogP contribution is -2.38. The van der Waals surface area contributed by atoms with Crippen molar-refractivity contribution in [3.8, 4) is 0 Å². The van der Waals surface area contributed by atoms with Crippen LogP contribution in [0.1, 0.15) is 44.6 Å². The predicted octanol–water partition coefficient (Wildman–Crippen LogP) is 1.87. The summed E-state index contributed by atoms with van der Waals surface area (Å²) in [7, 11) is 3.83. The number of nitrogens with one attached hydrogen (secondary N) is 2. The van der Waals surface area contributed by atoms with E-state index in [1.807, 2.05) is 11.7 Å². The molecule has 0 aliphatic heterocycles. The van der Waals surface area contributed by atoms with E-state index in [-0.39, 0.29) is 0 Å². The molecule has 5 nitrogen and oxygen atoms in total. The molecule has 0 atom stereocenters. The molecule has 0 aliphatic rings. The molecule has 0 unspecified atom stereocenters. The first kappa shape index (κ1) is 16.5. The van der Waals surface area contributed by atoms with Crippen LogP contribution in [0, 0.1) is 5.92 Å². The third-order valence-corrected chi connectivity index (χ3v) is 3.36. The largest absolute Gasteiger partial charge is 0.356 e. The van der Waals surface area contributed by atoms with Gasteiger partial charge >= 0.3 is 0 Å². The number of nitrogens with zero attached hydrogens (tertiary/aromatic N) is 3. The zero-order chi connectivity index (χ0) is 15.1. The van der Waals surface area contributed by atoms with Crippen LogP contribution in [-0.4, -0.2) is 29.3 Å². The van der Waals surface area contributed by atoms with Crippen molar-refractivity contribution >= 4 is 5.96 Å². The average molecular weight is 279 g/mol. The van der Waals surface area contributed by atoms with Crippen LogP contribution < -0.4 is 10.6 Å². The van der Waals surface area contributed by atoms with Crippen molar-refractivity contribution in [2.24, 2.45) is 18.0 Å². The quantitative estimate of drug-likeness (QED) is 0.617. The molecule has 0 aromatic carbocycles. The average Bonchev–Trinajstić information content (AvgIpc) is 2.74. The van der Waals surface area contributed by atoms with Gasteiger partial charge in [0.25, 0.3) is 0 Å². The van der Waals surface area contributed by atoms with Crippen LogP contribution in [0.2, 0.25) is 0 Å². The van der Waals surface area contributed by atoms with Gasteiger partial charge in [-0.2, -0.15) is 5.10 Å². The Morgan fingerprint density at radius 1 is 1.25 bits per heavy atom. The molecule has 0 aliphatic carbocycles. The molecule has 20 heavy (non-hydrogen) atoms. The summed E-state index contributed by atoms with van der Waals surface area (Å²) in [5.74, 6) is 1.45. The second-order valence-corrected chi connectivity index (χ2v) is 5.40. The minimum atomic E-state index is 0.601. The highest BCUT2D eigenvalue weighted by Gasteiger charge is 2.13. The standard InChI is InChI=1S/C15H29N5/c1-7-13-12(14(8-2)20(6)19-13)10-18-15(16-5)17-9-11(3)4/h11H,7-10H2,1-6H3,(H2,16,17,18). The number of aliphatic imine (C=N–C) groups is 1. The number of guanidine groups is 1. The fourth-order valence-electron chi connectivity index (χ4n) is 2.29. The second kappa shape index (κ2) is 7.92. The molecule has 1 heterocycles. The van der Waals surface area contributed by atoms with E-state index in [4.69, 9.17) is 0 Å². The van der Waals surface area contributed by atoms with Crippen LogP contribution in [0.3, 0.4) is 0 Å². The molecule has 0 bridgehead atoms. The van der Waals surface area contributed by atoms with E-state index >= 15 is 0 Å². The van der Waals surface area contributed by atoms with E-state index in [2.05, 4.69) is 48.4 Å². The molecule has 1 aromatic heterocycles. The van der Waals surface area contributed by atoms with Crippen molar-refractivity contribution in [3.05, 3.63) is 17.0 Å². The van der Waals surface area contributed by atoms with Crippen LogP contribution in [0.15, 0.2) is 4.99 Å². The van der Waals surface area contributed by atoms with E-state index < -0.39 is 0 Å². The van der Waals surface area contributed by atoms with E-state index in [0.717, 1.165) is 31.9 Å². The maximum absolute atomic E-state index is 4.59. The van der Waals surface area contributed by atoms with Gasteiger partial charge in [-0.25, -0.2) is 0 Å². The summed E-state index contributed by atoms with van der Waals surface area (Å²) in [6.45, 7) is 10.4. The molecule has 0 amide bonds. The van der Waals surface area contributed by atoms with Crippen molar-refractivity contribution in [2.45, 2.75) is 47.1 Å². The first-order valence-corrected chi connectivity index (χ1v) is 7.51. The zero-order valence-electron chi connectivity index (χ0n) is 13.7. The highest BCUT2D eigenvalue weighted by molar-refractivity contribution is 5.79. The van der Waals surface area contributed by atoms with Gasteiger partial charge in [-0.3, -0.25) is 9.67 Å². The Bertz CT molecular complexity index is 445. The van der Waals surface area contributed by atoms with E-state index in [9.17, 15) is 0 Å². The molecule has 0 saturated heterocycles. The van der Waals surface area contributed by atoms with Gasteiger partial charge in [0.05, 0.1) is 5.69 Å². The minimum absolute atomic E-state index is 0.601. The summed E-state index contributed by atoms with van der Waals surface area (Å²) in [6, 6.07) is 0. The molecule has 0 saturated carbocycles. The Hall–Kier alpha value is -1.52. The van der Waals surface area contributed by atoms with Gasteiger partial charge < -0.3 is 10.6 Å². The van der Waals surface area contributed by atoms with Gasteiger partial charge in [0.2, 0.25) is 0 Å². The van der Waals surface area contributed by atoms with Crippen LogP contribution in [0.25, 0.3) is 0 Å². The third-order valence-electron chi connectivity index (χ3n) is 3.36. The van der Waals surface area contributed by atoms with E-state index in [1.165, 1.54) is 17.0 Å². The molecule has 0 spiro atoms. The molecular formula is C15H29N5. The first-order valence-electron chi connectivity index (χ1n) is 7.51. The maximum atomic E-state index is 4.59. The summed E-state index contributed by atoms with van der Waals surface area (Å²) >= 11 is 0. The molecule has 0 radical (unpaired) electrons. The second-order valence-electron chi connectivity index (χ2n) is 5.40. The Balaban J connectivity index is 2.73. The van der Waals surface area contributed by atoms with Gasteiger partial charge in [-0.05, 0) is 18.8 Å². The fraction of sp³-hybridized carbons (Fsp3) is 0.733. The summed E-state index contributed by atoms with van der Waals surface area (Å²) in [4.78, 5) is 4.26. The number of aryl methyl sites for hydroxylation is 2. The van der Waals surface area contributed by atoms with Crippen molar-refractivity contribution in [1.29, 1.82) is 0 Å². The van der Waals surface area contributed by atoms with Crippen molar-refractivity contribution in [2.75, 3.05) is 13.6 Å². The van der Waals surface area contributed by atoms with Crippen LogP contribution >= 0.6 is 0 Å². The Kier molecular flexibility index (Phi) is 6.55. The van der Waals surface area contributed by atoms with E-state index in [1.54, 1.807) is 7.05 Å². The Morgan fingerprint density at radius 3 is 2.45 bits per heavy atom. The lowest BCUT2D eigenvalue weighted by atomic mass is 10.1. The molecular weight excluding hydrogens is 250 g/mol. The SMILES string of the molecule is CCc1nn(C)c(CC)c1CNC(=NC)NCC(C)C. The molecule has 1 aromatic rings. The molecule has 1 rings (SSSR count). The highest BCUT2D eigenvalue weighted by atomic mass is 15.3. The van der Waals surface area contributed by atoms with Crippen LogP contribution in [0.4, 0.5) is 0 Å². The lowest BCUT2D eigenvalue weighted by Gasteiger charge is -2.14. The minimum Gasteiger partial charge on any atom is -0.356 e. The third kappa shape index (κ3) is 4.25. The summed E-state index contributed by atoms with van der Waals surface area (Å²) < 4.78 is 2.00. The molecule has 2 N–H and O–H groups in total. The fourth-order valence-corrected chi connectivity index (χ4v) is 2.29. The monoisotopic (exact) mass is 279 g/mol. The molecule has 0 fully saturated rings. The maximum Gasteiger partial charge on any atom is 0.191 e. The number of rotatable bonds is 6. The normalized spacial score (nSPS) is 12.1. The Labute approximate surface area is 122 Å². The predicted molar refractivity (Wildman–Crippen MR) is 85.0 cm³/mol. The molecule has 5 heteroatoms. The summed E-state index contributed by atoms with van der Waals surface area (Å²) in [6.07, 6.45) is 1.96. The Morgan fingerprint density at radius 2 is 1.95 bits per heavy atom. The highest BCUT2D eigenvalue weighted by Crippen LogP contribution is 2.15. The van der Waals surface area contributed by atoms with Gasteiger partial charge in [0.15, 0.2) is 5.96 Å². The number of aromatic nitrogens is 2. The molecule has 114 valence electrons. The topological polar surface area (TPSA) is 54.2 Å². The van der Waals surface area contributed by atoms with Crippen LogP contribution in [0.5, 0.6) is 0 Å². The summed E-state index contributed by atoms with van der Waals surface area (Å²) in [5, 5.41) is 11.3. The smallest absolute Gasteiger partial charge is 0.191 e. The summed E-state index contributed by atoms with van der Waals surface area (Å²) in [5.41, 5.74) is 3.79. The zero-order valence-corrected chi connectivity index (χ0v) is 13.7.